The lowest BCUT2D eigenvalue weighted by Crippen LogP contribution is -2.26. The Morgan fingerprint density at radius 3 is 2.67 bits per heavy atom. The molecule has 180 valence electrons. The third kappa shape index (κ3) is 3.65. The van der Waals surface area contributed by atoms with Crippen LogP contribution in [0.1, 0.15) is 17.7 Å². The second-order valence-electron chi connectivity index (χ2n) is 9.61. The van der Waals surface area contributed by atoms with Crippen molar-refractivity contribution in [3.8, 4) is 28.5 Å². The van der Waals surface area contributed by atoms with Crippen LogP contribution < -0.4 is 5.73 Å². The first-order valence-corrected chi connectivity index (χ1v) is 12.0. The molecule has 8 heteroatoms. The molecule has 0 bridgehead atoms. The zero-order valence-electron chi connectivity index (χ0n) is 20.2. The van der Waals surface area contributed by atoms with E-state index in [9.17, 15) is 9.65 Å². The maximum absolute atomic E-state index is 14.8. The highest BCUT2D eigenvalue weighted by Crippen LogP contribution is 2.39. The van der Waals surface area contributed by atoms with Gasteiger partial charge in [0.15, 0.2) is 0 Å². The number of aromatic nitrogens is 4. The van der Waals surface area contributed by atoms with Gasteiger partial charge in [-0.2, -0.15) is 10.4 Å². The number of halogens is 1. The maximum Gasteiger partial charge on any atom is 0.141 e. The fraction of sp³-hybridized carbons (Fsp3) is 0.250. The average Bonchev–Trinajstić information content (AvgIpc) is 3.55. The van der Waals surface area contributed by atoms with Crippen LogP contribution in [0, 0.1) is 17.1 Å². The first-order chi connectivity index (χ1) is 17.4. The molecule has 0 saturated carbocycles. The quantitative estimate of drug-likeness (QED) is 0.414. The Hall–Kier alpha value is -4.06. The normalized spacial score (nSPS) is 16.2. The third-order valence-corrected chi connectivity index (χ3v) is 7.29. The van der Waals surface area contributed by atoms with Gasteiger partial charge in [-0.05, 0) is 42.3 Å². The average molecular weight is 480 g/mol. The zero-order chi connectivity index (χ0) is 25.0. The van der Waals surface area contributed by atoms with E-state index in [2.05, 4.69) is 26.7 Å². The van der Waals surface area contributed by atoms with Crippen molar-refractivity contribution in [3.63, 3.8) is 0 Å². The highest BCUT2D eigenvalue weighted by Gasteiger charge is 2.23. The predicted molar refractivity (Wildman–Crippen MR) is 138 cm³/mol. The lowest BCUT2D eigenvalue weighted by Gasteiger charge is -2.15. The summed E-state index contributed by atoms with van der Waals surface area (Å²) in [6, 6.07) is 15.2. The van der Waals surface area contributed by atoms with Gasteiger partial charge < -0.3 is 10.3 Å². The number of aryl methyl sites for hydroxylation is 2. The van der Waals surface area contributed by atoms with E-state index in [1.54, 1.807) is 6.07 Å². The molecule has 4 heterocycles. The fourth-order valence-electron chi connectivity index (χ4n) is 5.32. The van der Waals surface area contributed by atoms with E-state index in [4.69, 9.17) is 10.7 Å². The van der Waals surface area contributed by atoms with E-state index in [1.807, 2.05) is 49.4 Å². The van der Waals surface area contributed by atoms with Crippen LogP contribution in [-0.4, -0.2) is 43.4 Å². The van der Waals surface area contributed by atoms with Gasteiger partial charge in [0.1, 0.15) is 11.9 Å². The number of fused-ring (bicyclic) bond motifs is 2. The second-order valence-corrected chi connectivity index (χ2v) is 9.61. The van der Waals surface area contributed by atoms with Gasteiger partial charge in [0.25, 0.3) is 0 Å². The zero-order valence-corrected chi connectivity index (χ0v) is 20.2. The standard InChI is InChI=1S/C28H26FN7/c1-34-22(16-36-8-7-21(31)15-36)11-23-26(34)14-32-28(18-5-6-25-20(9-18)13-33-35(25)2)27(23)17-3-4-19(12-30)24(29)10-17/h3-6,9-11,13-14,21H,7-8,15-16,31H2,1-2H3/t21-/m0/s1. The molecule has 0 aliphatic carbocycles. The summed E-state index contributed by atoms with van der Waals surface area (Å²) < 4.78 is 18.8. The number of rotatable bonds is 4. The number of nitrogens with two attached hydrogens (primary N) is 1. The van der Waals surface area contributed by atoms with Crippen LogP contribution in [0.4, 0.5) is 4.39 Å². The van der Waals surface area contributed by atoms with Gasteiger partial charge in [0.2, 0.25) is 0 Å². The maximum atomic E-state index is 14.8. The van der Waals surface area contributed by atoms with Gasteiger partial charge in [-0.15, -0.1) is 0 Å². The first kappa shape index (κ1) is 22.4. The van der Waals surface area contributed by atoms with Crippen LogP contribution in [0.25, 0.3) is 44.2 Å². The molecule has 1 atom stereocenters. The molecule has 2 N–H and O–H groups in total. The molecule has 1 aliphatic heterocycles. The van der Waals surface area contributed by atoms with E-state index < -0.39 is 5.82 Å². The fourth-order valence-corrected chi connectivity index (χ4v) is 5.32. The van der Waals surface area contributed by atoms with E-state index >= 15 is 0 Å². The number of nitrogens with zero attached hydrogens (tertiary/aromatic N) is 6. The Bertz CT molecular complexity index is 1670. The minimum atomic E-state index is -0.539. The van der Waals surface area contributed by atoms with Crippen LogP contribution in [0.5, 0.6) is 0 Å². The van der Waals surface area contributed by atoms with Crippen LogP contribution in [0.15, 0.2) is 54.9 Å². The SMILES string of the molecule is Cn1ncc2cc(-c3ncc4c(cc(CN5CC[C@H](N)C5)n4C)c3-c3ccc(C#N)c(F)c3)ccc21. The summed E-state index contributed by atoms with van der Waals surface area (Å²) in [5, 5.41) is 15.6. The Kier molecular flexibility index (Phi) is 5.32. The molecule has 0 amide bonds. The summed E-state index contributed by atoms with van der Waals surface area (Å²) in [5.74, 6) is -0.539. The summed E-state index contributed by atoms with van der Waals surface area (Å²) in [4.78, 5) is 7.25. The van der Waals surface area contributed by atoms with Gasteiger partial charge >= 0.3 is 0 Å². The second kappa shape index (κ2) is 8.55. The van der Waals surface area contributed by atoms with Crippen molar-refractivity contribution in [2.75, 3.05) is 13.1 Å². The monoisotopic (exact) mass is 479 g/mol. The number of hydrogen-bond acceptors (Lipinski definition) is 5. The molecular formula is C28H26FN7. The molecule has 1 aliphatic rings. The molecule has 0 radical (unpaired) electrons. The van der Waals surface area contributed by atoms with Crippen molar-refractivity contribution < 1.29 is 4.39 Å². The third-order valence-electron chi connectivity index (χ3n) is 7.29. The summed E-state index contributed by atoms with van der Waals surface area (Å²) in [7, 11) is 3.95. The van der Waals surface area contributed by atoms with Crippen molar-refractivity contribution in [2.24, 2.45) is 19.8 Å². The minimum Gasteiger partial charge on any atom is -0.345 e. The number of pyridine rings is 1. The molecule has 0 spiro atoms. The molecular weight excluding hydrogens is 453 g/mol. The van der Waals surface area contributed by atoms with Gasteiger partial charge in [-0.3, -0.25) is 14.6 Å². The molecule has 2 aromatic carbocycles. The Balaban J connectivity index is 1.57. The van der Waals surface area contributed by atoms with Gasteiger partial charge in [0.05, 0.1) is 34.7 Å². The van der Waals surface area contributed by atoms with E-state index in [1.165, 1.54) is 12.1 Å². The van der Waals surface area contributed by atoms with Crippen molar-refractivity contribution >= 4 is 21.8 Å². The summed E-state index contributed by atoms with van der Waals surface area (Å²) in [5.41, 5.74) is 12.5. The van der Waals surface area contributed by atoms with Crippen LogP contribution in [0.3, 0.4) is 0 Å². The lowest BCUT2D eigenvalue weighted by molar-refractivity contribution is 0.319. The summed E-state index contributed by atoms with van der Waals surface area (Å²) in [6.45, 7) is 2.64. The summed E-state index contributed by atoms with van der Waals surface area (Å²) >= 11 is 0. The Morgan fingerprint density at radius 2 is 1.92 bits per heavy atom. The highest BCUT2D eigenvalue weighted by atomic mass is 19.1. The minimum absolute atomic E-state index is 0.0244. The Labute approximate surface area is 208 Å². The number of benzene rings is 2. The molecule has 7 nitrogen and oxygen atoms in total. The topological polar surface area (TPSA) is 88.7 Å². The molecule has 3 aromatic heterocycles. The smallest absolute Gasteiger partial charge is 0.141 e. The van der Waals surface area contributed by atoms with Crippen molar-refractivity contribution in [3.05, 3.63) is 71.9 Å². The van der Waals surface area contributed by atoms with Crippen molar-refractivity contribution in [2.45, 2.75) is 19.0 Å². The summed E-state index contributed by atoms with van der Waals surface area (Å²) in [6.07, 6.45) is 4.73. The van der Waals surface area contributed by atoms with Gasteiger partial charge in [-0.1, -0.05) is 12.1 Å². The van der Waals surface area contributed by atoms with Crippen molar-refractivity contribution in [1.29, 1.82) is 5.26 Å². The number of hydrogen-bond donors (Lipinski definition) is 1. The van der Waals surface area contributed by atoms with E-state index in [0.29, 0.717) is 5.56 Å². The largest absolute Gasteiger partial charge is 0.345 e. The molecule has 36 heavy (non-hydrogen) atoms. The number of likely N-dealkylation sites (tertiary alicyclic amines) is 1. The van der Waals surface area contributed by atoms with Crippen LogP contribution in [0.2, 0.25) is 0 Å². The molecule has 1 fully saturated rings. The van der Waals surface area contributed by atoms with Crippen molar-refractivity contribution in [1.82, 2.24) is 24.2 Å². The number of nitriles is 1. The van der Waals surface area contributed by atoms with Crippen LogP contribution in [-0.2, 0) is 20.6 Å². The van der Waals surface area contributed by atoms with E-state index in [-0.39, 0.29) is 11.6 Å². The molecule has 5 aromatic rings. The molecule has 1 saturated heterocycles. The molecule has 6 rings (SSSR count). The molecule has 0 unspecified atom stereocenters. The van der Waals surface area contributed by atoms with Crippen LogP contribution >= 0.6 is 0 Å². The first-order valence-electron chi connectivity index (χ1n) is 12.0. The van der Waals surface area contributed by atoms with E-state index in [0.717, 1.165) is 70.4 Å². The van der Waals surface area contributed by atoms with Gasteiger partial charge in [0, 0.05) is 67.4 Å². The van der Waals surface area contributed by atoms with Gasteiger partial charge in [-0.25, -0.2) is 4.39 Å². The lowest BCUT2D eigenvalue weighted by atomic mass is 9.95. The predicted octanol–water partition coefficient (Wildman–Crippen LogP) is 4.34. The highest BCUT2D eigenvalue weighted by molar-refractivity contribution is 6.03. The Morgan fingerprint density at radius 1 is 1.08 bits per heavy atom.